The molecule has 0 bridgehead atoms. The maximum absolute atomic E-state index is 13.0. The number of rotatable bonds is 6. The summed E-state index contributed by atoms with van der Waals surface area (Å²) in [6.45, 7) is 3.69. The number of benzene rings is 2. The van der Waals surface area contributed by atoms with Crippen LogP contribution in [-0.4, -0.2) is 33.9 Å². The van der Waals surface area contributed by atoms with Gasteiger partial charge in [0.15, 0.2) is 0 Å². The van der Waals surface area contributed by atoms with Crippen LogP contribution in [0.4, 0.5) is 14.5 Å². The van der Waals surface area contributed by atoms with E-state index in [1.165, 1.54) is 23.8 Å². The van der Waals surface area contributed by atoms with Crippen LogP contribution < -0.4 is 5.32 Å². The summed E-state index contributed by atoms with van der Waals surface area (Å²) in [5, 5.41) is 3.14. The molecular weight excluding hydrogens is 372 g/mol. The van der Waals surface area contributed by atoms with Crippen LogP contribution in [0.5, 0.6) is 0 Å². The van der Waals surface area contributed by atoms with Crippen LogP contribution in [0.25, 0.3) is 0 Å². The number of hydrogen-bond acceptors (Lipinski definition) is 4. The average molecular weight is 395 g/mol. The van der Waals surface area contributed by atoms with E-state index in [1.807, 2.05) is 25.1 Å². The highest BCUT2D eigenvalue weighted by atomic mass is 32.2. The Labute approximate surface area is 158 Å². The van der Waals surface area contributed by atoms with Crippen molar-refractivity contribution < 1.29 is 21.9 Å². The van der Waals surface area contributed by atoms with Crippen LogP contribution in [-0.2, 0) is 20.0 Å². The maximum atomic E-state index is 13.0. The number of para-hydroxylation sites is 1. The zero-order valence-corrected chi connectivity index (χ0v) is 15.9. The van der Waals surface area contributed by atoms with Gasteiger partial charge < -0.3 is 10.1 Å². The number of aryl methyl sites for hydroxylation is 1. The molecule has 2 aromatic rings. The van der Waals surface area contributed by atoms with Crippen LogP contribution in [0.2, 0.25) is 0 Å². The average Bonchev–Trinajstić information content (AvgIpc) is 2.67. The number of sulfone groups is 1. The van der Waals surface area contributed by atoms with Crippen LogP contribution in [0.1, 0.15) is 24.0 Å². The largest absolute Gasteiger partial charge is 0.383 e. The molecule has 0 saturated carbocycles. The fourth-order valence-electron chi connectivity index (χ4n) is 3.69. The molecule has 0 aromatic heterocycles. The minimum Gasteiger partial charge on any atom is -0.383 e. The van der Waals surface area contributed by atoms with E-state index in [0.29, 0.717) is 19.8 Å². The van der Waals surface area contributed by atoms with Gasteiger partial charge in [-0.25, -0.2) is 8.42 Å². The molecule has 0 aliphatic carbocycles. The predicted octanol–water partition coefficient (Wildman–Crippen LogP) is 4.15. The summed E-state index contributed by atoms with van der Waals surface area (Å²) in [6.07, 6.45) is 1.54. The lowest BCUT2D eigenvalue weighted by atomic mass is 9.72. The third kappa shape index (κ3) is 3.99. The highest BCUT2D eigenvalue weighted by molar-refractivity contribution is 7.91. The zero-order valence-electron chi connectivity index (χ0n) is 15.1. The van der Waals surface area contributed by atoms with Crippen LogP contribution in [0, 0.1) is 6.92 Å². The Hall–Kier alpha value is -1.99. The van der Waals surface area contributed by atoms with E-state index in [-0.39, 0.29) is 16.0 Å². The van der Waals surface area contributed by atoms with E-state index in [9.17, 15) is 17.2 Å². The quantitative estimate of drug-likeness (QED) is 0.798. The van der Waals surface area contributed by atoms with Crippen molar-refractivity contribution in [1.82, 2.24) is 0 Å². The van der Waals surface area contributed by atoms with Gasteiger partial charge in [0.05, 0.1) is 10.6 Å². The first-order chi connectivity index (χ1) is 12.9. The van der Waals surface area contributed by atoms with Crippen molar-refractivity contribution in [2.24, 2.45) is 0 Å². The summed E-state index contributed by atoms with van der Waals surface area (Å²) < 4.78 is 55.6. The fourth-order valence-corrected chi connectivity index (χ4v) is 4.60. The molecule has 27 heavy (non-hydrogen) atoms. The van der Waals surface area contributed by atoms with Crippen molar-refractivity contribution in [3.63, 3.8) is 0 Å². The monoisotopic (exact) mass is 395 g/mol. The molecule has 1 N–H and O–H groups in total. The molecule has 0 spiro atoms. The van der Waals surface area contributed by atoms with Crippen molar-refractivity contribution >= 4 is 15.5 Å². The summed E-state index contributed by atoms with van der Waals surface area (Å²) in [5.74, 6) is -3.45. The Morgan fingerprint density at radius 3 is 2.37 bits per heavy atom. The number of nitrogens with one attached hydrogen (secondary N) is 1. The van der Waals surface area contributed by atoms with E-state index in [4.69, 9.17) is 4.74 Å². The predicted molar refractivity (Wildman–Crippen MR) is 101 cm³/mol. The summed E-state index contributed by atoms with van der Waals surface area (Å²) in [7, 11) is -4.67. The molecule has 0 unspecified atom stereocenters. The number of hydrogen-bond donors (Lipinski definition) is 1. The van der Waals surface area contributed by atoms with E-state index < -0.39 is 15.6 Å². The molecule has 7 heteroatoms. The summed E-state index contributed by atoms with van der Waals surface area (Å²) in [5.41, 5.74) is 2.28. The first kappa shape index (κ1) is 19.8. The molecule has 1 aliphatic rings. The molecule has 146 valence electrons. The number of alkyl halides is 2. The molecule has 0 atom stereocenters. The SMILES string of the molecule is Cc1ccccc1C1(CNc2ccccc2S(=O)(=O)C(F)F)CCOCC1. The Morgan fingerprint density at radius 1 is 1.07 bits per heavy atom. The van der Waals surface area contributed by atoms with Crippen LogP contribution in [0.15, 0.2) is 53.4 Å². The Kier molecular flexibility index (Phi) is 5.81. The van der Waals surface area contributed by atoms with Gasteiger partial charge in [-0.2, -0.15) is 8.78 Å². The zero-order chi connectivity index (χ0) is 19.5. The third-order valence-corrected chi connectivity index (χ3v) is 6.65. The molecule has 1 saturated heterocycles. The minimum absolute atomic E-state index is 0.206. The second-order valence-corrected chi connectivity index (χ2v) is 8.75. The molecule has 1 aliphatic heterocycles. The van der Waals surface area contributed by atoms with Gasteiger partial charge in [0.1, 0.15) is 0 Å². The highest BCUT2D eigenvalue weighted by Crippen LogP contribution is 2.37. The molecule has 3 rings (SSSR count). The molecule has 0 radical (unpaired) electrons. The lowest BCUT2D eigenvalue weighted by Crippen LogP contribution is -2.40. The third-order valence-electron chi connectivity index (χ3n) is 5.21. The fraction of sp³-hybridized carbons (Fsp3) is 0.400. The number of anilines is 1. The molecule has 1 fully saturated rings. The normalized spacial score (nSPS) is 17.0. The van der Waals surface area contributed by atoms with E-state index in [0.717, 1.165) is 18.4 Å². The van der Waals surface area contributed by atoms with Gasteiger partial charge in [0.25, 0.3) is 0 Å². The number of halogens is 2. The van der Waals surface area contributed by atoms with Gasteiger partial charge in [-0.3, -0.25) is 0 Å². The number of ether oxygens (including phenoxy) is 1. The van der Waals surface area contributed by atoms with E-state index in [2.05, 4.69) is 11.4 Å². The summed E-state index contributed by atoms with van der Waals surface area (Å²) in [4.78, 5) is -0.369. The maximum Gasteiger partial charge on any atom is 0.341 e. The van der Waals surface area contributed by atoms with Gasteiger partial charge in [0, 0.05) is 25.2 Å². The molecule has 2 aromatic carbocycles. The lowest BCUT2D eigenvalue weighted by Gasteiger charge is -2.39. The van der Waals surface area contributed by atoms with Gasteiger partial charge in [-0.05, 0) is 43.0 Å². The first-order valence-electron chi connectivity index (χ1n) is 8.86. The Bertz CT molecular complexity index is 894. The minimum atomic E-state index is -4.67. The van der Waals surface area contributed by atoms with Crippen LogP contribution >= 0.6 is 0 Å². The van der Waals surface area contributed by atoms with Gasteiger partial charge in [0.2, 0.25) is 9.84 Å². The lowest BCUT2D eigenvalue weighted by molar-refractivity contribution is 0.0542. The second-order valence-electron chi connectivity index (χ2n) is 6.86. The second kappa shape index (κ2) is 7.94. The Balaban J connectivity index is 1.93. The Morgan fingerprint density at radius 2 is 1.70 bits per heavy atom. The van der Waals surface area contributed by atoms with Crippen molar-refractivity contribution in [3.05, 3.63) is 59.7 Å². The topological polar surface area (TPSA) is 55.4 Å². The van der Waals surface area contributed by atoms with Gasteiger partial charge >= 0.3 is 5.76 Å². The first-order valence-corrected chi connectivity index (χ1v) is 10.4. The summed E-state index contributed by atoms with van der Waals surface area (Å²) >= 11 is 0. The standard InChI is InChI=1S/C20H23F2NO3S/c1-15-6-2-3-7-16(15)20(10-12-26-13-11-20)14-23-17-8-4-5-9-18(17)27(24,25)19(21)22/h2-9,19,23H,10-14H2,1H3. The summed E-state index contributed by atoms with van der Waals surface area (Å²) in [6, 6.07) is 13.9. The molecule has 4 nitrogen and oxygen atoms in total. The molecule has 1 heterocycles. The van der Waals surface area contributed by atoms with Crippen LogP contribution in [0.3, 0.4) is 0 Å². The highest BCUT2D eigenvalue weighted by Gasteiger charge is 2.36. The van der Waals surface area contributed by atoms with Crippen molar-refractivity contribution in [2.75, 3.05) is 25.1 Å². The molecule has 0 amide bonds. The van der Waals surface area contributed by atoms with Crippen molar-refractivity contribution in [2.45, 2.75) is 35.8 Å². The van der Waals surface area contributed by atoms with Crippen molar-refractivity contribution in [3.8, 4) is 0 Å². The smallest absolute Gasteiger partial charge is 0.341 e. The van der Waals surface area contributed by atoms with E-state index >= 15 is 0 Å². The van der Waals surface area contributed by atoms with Gasteiger partial charge in [-0.1, -0.05) is 36.4 Å². The van der Waals surface area contributed by atoms with Gasteiger partial charge in [-0.15, -0.1) is 0 Å². The van der Waals surface area contributed by atoms with E-state index in [1.54, 1.807) is 6.07 Å². The van der Waals surface area contributed by atoms with Crippen molar-refractivity contribution in [1.29, 1.82) is 0 Å². The molecular formula is C20H23F2NO3S.